The van der Waals surface area contributed by atoms with Crippen molar-refractivity contribution < 1.29 is 9.13 Å². The Labute approximate surface area is 112 Å². The molecule has 4 heteroatoms. The van der Waals surface area contributed by atoms with Crippen LogP contribution in [-0.2, 0) is 0 Å². The molecule has 0 heterocycles. The van der Waals surface area contributed by atoms with Crippen LogP contribution in [0.15, 0.2) is 42.5 Å². The number of hydrogen-bond donors (Lipinski definition) is 2. The van der Waals surface area contributed by atoms with Gasteiger partial charge in [-0.3, -0.25) is 0 Å². The van der Waals surface area contributed by atoms with Gasteiger partial charge in [-0.05, 0) is 36.8 Å². The Morgan fingerprint density at radius 1 is 1.21 bits per heavy atom. The Morgan fingerprint density at radius 3 is 2.68 bits per heavy atom. The van der Waals surface area contributed by atoms with Gasteiger partial charge in [-0.1, -0.05) is 12.1 Å². The van der Waals surface area contributed by atoms with Crippen LogP contribution in [0.4, 0.5) is 15.8 Å². The van der Waals surface area contributed by atoms with Gasteiger partial charge in [-0.2, -0.15) is 0 Å². The minimum Gasteiger partial charge on any atom is -0.497 e. The number of ether oxygens (including phenoxy) is 1. The predicted octanol–water partition coefficient (Wildman–Crippen LogP) is 3.59. The van der Waals surface area contributed by atoms with Crippen molar-refractivity contribution in [3.8, 4) is 5.75 Å². The molecule has 0 aromatic heterocycles. The smallest absolute Gasteiger partial charge is 0.123 e. The van der Waals surface area contributed by atoms with Crippen LogP contribution in [0.5, 0.6) is 5.75 Å². The Morgan fingerprint density at radius 2 is 2.00 bits per heavy atom. The Bertz CT molecular complexity index is 572. The number of hydrogen-bond acceptors (Lipinski definition) is 3. The number of nitrogens with two attached hydrogens (primary N) is 1. The van der Waals surface area contributed by atoms with Crippen molar-refractivity contribution in [2.45, 2.75) is 13.0 Å². The second-order valence-corrected chi connectivity index (χ2v) is 4.37. The summed E-state index contributed by atoms with van der Waals surface area (Å²) in [4.78, 5) is 0. The molecule has 0 aliphatic heterocycles. The SMILES string of the molecule is COc1ccc(N)c(NC(C)c2cccc(F)c2)c1. The monoisotopic (exact) mass is 260 g/mol. The summed E-state index contributed by atoms with van der Waals surface area (Å²) in [5.74, 6) is 0.480. The highest BCUT2D eigenvalue weighted by Crippen LogP contribution is 2.28. The van der Waals surface area contributed by atoms with Crippen molar-refractivity contribution in [3.05, 3.63) is 53.8 Å². The van der Waals surface area contributed by atoms with E-state index in [1.165, 1.54) is 12.1 Å². The molecule has 2 rings (SSSR count). The summed E-state index contributed by atoms with van der Waals surface area (Å²) in [6.07, 6.45) is 0. The molecular weight excluding hydrogens is 243 g/mol. The molecule has 0 radical (unpaired) electrons. The Kier molecular flexibility index (Phi) is 3.90. The van der Waals surface area contributed by atoms with E-state index in [1.807, 2.05) is 19.1 Å². The number of rotatable bonds is 4. The molecule has 0 bridgehead atoms. The van der Waals surface area contributed by atoms with Crippen LogP contribution >= 0.6 is 0 Å². The van der Waals surface area contributed by atoms with Crippen molar-refractivity contribution >= 4 is 11.4 Å². The highest BCUT2D eigenvalue weighted by Gasteiger charge is 2.09. The lowest BCUT2D eigenvalue weighted by Crippen LogP contribution is -2.08. The van der Waals surface area contributed by atoms with Gasteiger partial charge in [0, 0.05) is 12.1 Å². The third kappa shape index (κ3) is 3.16. The molecule has 2 aromatic rings. The fraction of sp³-hybridized carbons (Fsp3) is 0.200. The van der Waals surface area contributed by atoms with Crippen molar-refractivity contribution in [2.75, 3.05) is 18.2 Å². The zero-order chi connectivity index (χ0) is 13.8. The first-order valence-corrected chi connectivity index (χ1v) is 6.05. The van der Waals surface area contributed by atoms with Gasteiger partial charge in [0.2, 0.25) is 0 Å². The molecule has 0 aliphatic rings. The third-order valence-corrected chi connectivity index (χ3v) is 2.98. The molecule has 0 saturated carbocycles. The van der Waals surface area contributed by atoms with E-state index < -0.39 is 0 Å². The highest BCUT2D eigenvalue weighted by molar-refractivity contribution is 5.68. The first-order chi connectivity index (χ1) is 9.10. The number of benzene rings is 2. The topological polar surface area (TPSA) is 47.3 Å². The minimum atomic E-state index is -0.246. The van der Waals surface area contributed by atoms with Gasteiger partial charge < -0.3 is 15.8 Å². The number of methoxy groups -OCH3 is 1. The van der Waals surface area contributed by atoms with Crippen molar-refractivity contribution in [3.63, 3.8) is 0 Å². The lowest BCUT2D eigenvalue weighted by Gasteiger charge is -2.18. The third-order valence-electron chi connectivity index (χ3n) is 2.98. The van der Waals surface area contributed by atoms with Crippen molar-refractivity contribution in [1.82, 2.24) is 0 Å². The standard InChI is InChI=1S/C15H17FN2O/c1-10(11-4-3-5-12(16)8-11)18-15-9-13(19-2)6-7-14(15)17/h3-10,18H,17H2,1-2H3. The summed E-state index contributed by atoms with van der Waals surface area (Å²) in [7, 11) is 1.60. The van der Waals surface area contributed by atoms with Gasteiger partial charge >= 0.3 is 0 Å². The largest absolute Gasteiger partial charge is 0.497 e. The van der Waals surface area contributed by atoms with Crippen LogP contribution in [0, 0.1) is 5.82 Å². The molecule has 0 aliphatic carbocycles. The zero-order valence-electron chi connectivity index (χ0n) is 11.0. The normalized spacial score (nSPS) is 11.9. The summed E-state index contributed by atoms with van der Waals surface area (Å²) in [6.45, 7) is 1.95. The lowest BCUT2D eigenvalue weighted by molar-refractivity contribution is 0.415. The van der Waals surface area contributed by atoms with Crippen LogP contribution < -0.4 is 15.8 Å². The van der Waals surface area contributed by atoms with Gasteiger partial charge in [0.25, 0.3) is 0 Å². The number of halogens is 1. The van der Waals surface area contributed by atoms with Crippen LogP contribution in [0.1, 0.15) is 18.5 Å². The maximum Gasteiger partial charge on any atom is 0.123 e. The molecule has 100 valence electrons. The lowest BCUT2D eigenvalue weighted by atomic mass is 10.1. The molecule has 0 saturated heterocycles. The van der Waals surface area contributed by atoms with Crippen LogP contribution in [0.2, 0.25) is 0 Å². The summed E-state index contributed by atoms with van der Waals surface area (Å²) < 4.78 is 18.4. The molecule has 3 nitrogen and oxygen atoms in total. The van der Waals surface area contributed by atoms with Crippen LogP contribution in [0.25, 0.3) is 0 Å². The van der Waals surface area contributed by atoms with E-state index in [9.17, 15) is 4.39 Å². The molecule has 2 aromatic carbocycles. The van der Waals surface area contributed by atoms with E-state index in [-0.39, 0.29) is 11.9 Å². The molecule has 19 heavy (non-hydrogen) atoms. The van der Waals surface area contributed by atoms with Crippen LogP contribution in [-0.4, -0.2) is 7.11 Å². The summed E-state index contributed by atoms with van der Waals surface area (Å²) >= 11 is 0. The van der Waals surface area contributed by atoms with Gasteiger partial charge in [0.1, 0.15) is 11.6 Å². The molecule has 0 spiro atoms. The summed E-state index contributed by atoms with van der Waals surface area (Å²) in [5, 5.41) is 3.26. The van der Waals surface area contributed by atoms with Gasteiger partial charge in [0.05, 0.1) is 18.5 Å². The number of nitrogens with one attached hydrogen (secondary N) is 1. The number of nitrogen functional groups attached to an aromatic ring is 1. The van der Waals surface area contributed by atoms with E-state index in [0.717, 1.165) is 17.0 Å². The van der Waals surface area contributed by atoms with Gasteiger partial charge in [0.15, 0.2) is 0 Å². The maximum absolute atomic E-state index is 13.2. The number of anilines is 2. The highest BCUT2D eigenvalue weighted by atomic mass is 19.1. The fourth-order valence-electron chi connectivity index (χ4n) is 1.88. The molecule has 0 fully saturated rings. The zero-order valence-corrected chi connectivity index (χ0v) is 11.0. The molecular formula is C15H17FN2O. The van der Waals surface area contributed by atoms with Gasteiger partial charge in [-0.15, -0.1) is 0 Å². The second kappa shape index (κ2) is 5.61. The maximum atomic E-state index is 13.2. The minimum absolute atomic E-state index is 0.0508. The van der Waals surface area contributed by atoms with E-state index >= 15 is 0 Å². The van der Waals surface area contributed by atoms with Gasteiger partial charge in [-0.25, -0.2) is 4.39 Å². The molecule has 3 N–H and O–H groups in total. The molecule has 1 unspecified atom stereocenters. The summed E-state index contributed by atoms with van der Waals surface area (Å²) in [5.41, 5.74) is 8.17. The molecule has 0 amide bonds. The quantitative estimate of drug-likeness (QED) is 0.826. The van der Waals surface area contributed by atoms with Crippen molar-refractivity contribution in [1.29, 1.82) is 0 Å². The van der Waals surface area contributed by atoms with E-state index in [2.05, 4.69) is 5.32 Å². The summed E-state index contributed by atoms with van der Waals surface area (Å²) in [6, 6.07) is 11.8. The second-order valence-electron chi connectivity index (χ2n) is 4.37. The van der Waals surface area contributed by atoms with E-state index in [1.54, 1.807) is 25.3 Å². The van der Waals surface area contributed by atoms with Crippen molar-refractivity contribution in [2.24, 2.45) is 0 Å². The average Bonchev–Trinajstić information content (AvgIpc) is 2.41. The Hall–Kier alpha value is -2.23. The average molecular weight is 260 g/mol. The van der Waals surface area contributed by atoms with E-state index in [0.29, 0.717) is 5.69 Å². The molecule has 1 atom stereocenters. The Balaban J connectivity index is 2.21. The first-order valence-electron chi connectivity index (χ1n) is 6.05. The van der Waals surface area contributed by atoms with Crippen LogP contribution in [0.3, 0.4) is 0 Å². The first kappa shape index (κ1) is 13.2. The van der Waals surface area contributed by atoms with E-state index in [4.69, 9.17) is 10.5 Å². The predicted molar refractivity (Wildman–Crippen MR) is 75.8 cm³/mol. The fourth-order valence-corrected chi connectivity index (χ4v) is 1.88.